The summed E-state index contributed by atoms with van der Waals surface area (Å²) in [6.07, 6.45) is 0.676. The first-order valence-corrected chi connectivity index (χ1v) is 11.6. The number of hydrogen-bond donors (Lipinski definition) is 1. The molecule has 0 aromatic heterocycles. The van der Waals surface area contributed by atoms with Crippen molar-refractivity contribution in [3.63, 3.8) is 0 Å². The van der Waals surface area contributed by atoms with E-state index in [4.69, 9.17) is 13.3 Å². The third-order valence-corrected chi connectivity index (χ3v) is 7.50. The highest BCUT2D eigenvalue weighted by molar-refractivity contribution is 6.60. The van der Waals surface area contributed by atoms with Gasteiger partial charge in [-0.05, 0) is 42.8 Å². The van der Waals surface area contributed by atoms with Crippen LogP contribution in [0.3, 0.4) is 0 Å². The molecule has 0 radical (unpaired) electrons. The molecule has 9 heteroatoms. The summed E-state index contributed by atoms with van der Waals surface area (Å²) in [6, 6.07) is 15.5. The molecule has 0 atom stereocenters. The summed E-state index contributed by atoms with van der Waals surface area (Å²) >= 11 is 0. The molecule has 2 aromatic rings. The quantitative estimate of drug-likeness (QED) is 0.329. The van der Waals surface area contributed by atoms with E-state index in [0.717, 1.165) is 11.4 Å². The SMILES string of the molecule is CO[Si](CCCNC(=O)c1ccccc1N=Nc1ccc(N(C)C)cc1)(OC)OC. The number of azo groups is 1. The Hall–Kier alpha value is -2.59. The van der Waals surface area contributed by atoms with E-state index in [1.165, 1.54) is 0 Å². The lowest BCUT2D eigenvalue weighted by Gasteiger charge is -2.24. The predicted octanol–water partition coefficient (Wildman–Crippen LogP) is 4.17. The van der Waals surface area contributed by atoms with Gasteiger partial charge in [-0.15, -0.1) is 5.11 Å². The lowest BCUT2D eigenvalue weighted by molar-refractivity contribution is 0.0950. The van der Waals surface area contributed by atoms with E-state index in [9.17, 15) is 4.79 Å². The molecule has 1 N–H and O–H groups in total. The first kappa shape index (κ1) is 23.7. The van der Waals surface area contributed by atoms with E-state index in [1.54, 1.807) is 39.5 Å². The minimum Gasteiger partial charge on any atom is -0.378 e. The van der Waals surface area contributed by atoms with Crippen molar-refractivity contribution < 1.29 is 18.1 Å². The minimum absolute atomic E-state index is 0.202. The maximum absolute atomic E-state index is 12.6. The van der Waals surface area contributed by atoms with E-state index in [2.05, 4.69) is 15.5 Å². The average Bonchev–Trinajstić information content (AvgIpc) is 2.78. The van der Waals surface area contributed by atoms with Gasteiger partial charge in [-0.1, -0.05) is 12.1 Å². The molecule has 0 unspecified atom stereocenters. The van der Waals surface area contributed by atoms with Crippen LogP contribution in [0.4, 0.5) is 17.1 Å². The van der Waals surface area contributed by atoms with Gasteiger partial charge in [0.1, 0.15) is 0 Å². The number of benzene rings is 2. The van der Waals surface area contributed by atoms with Gasteiger partial charge >= 0.3 is 8.80 Å². The fourth-order valence-electron chi connectivity index (χ4n) is 2.84. The molecule has 0 aliphatic carbocycles. The Kier molecular flexibility index (Phi) is 9.12. The summed E-state index contributed by atoms with van der Waals surface area (Å²) in [4.78, 5) is 14.6. The van der Waals surface area contributed by atoms with Gasteiger partial charge in [0.15, 0.2) is 0 Å². The summed E-state index contributed by atoms with van der Waals surface area (Å²) in [6.45, 7) is 0.473. The zero-order valence-electron chi connectivity index (χ0n) is 18.2. The van der Waals surface area contributed by atoms with Gasteiger partial charge < -0.3 is 23.5 Å². The Balaban J connectivity index is 1.99. The zero-order valence-corrected chi connectivity index (χ0v) is 19.2. The predicted molar refractivity (Wildman–Crippen MR) is 120 cm³/mol. The second-order valence-corrected chi connectivity index (χ2v) is 9.87. The maximum atomic E-state index is 12.6. The molecule has 0 heterocycles. The number of amides is 1. The van der Waals surface area contributed by atoms with Crippen molar-refractivity contribution in [1.29, 1.82) is 0 Å². The molecule has 0 aliphatic heterocycles. The van der Waals surface area contributed by atoms with E-state index in [0.29, 0.717) is 30.3 Å². The fraction of sp³-hybridized carbons (Fsp3) is 0.381. The van der Waals surface area contributed by atoms with Crippen LogP contribution in [0.1, 0.15) is 16.8 Å². The minimum atomic E-state index is -2.63. The van der Waals surface area contributed by atoms with E-state index in [1.807, 2.05) is 49.3 Å². The Labute approximate surface area is 179 Å². The fourth-order valence-corrected chi connectivity index (χ4v) is 4.56. The van der Waals surface area contributed by atoms with Crippen LogP contribution in [-0.2, 0) is 13.3 Å². The van der Waals surface area contributed by atoms with Crippen molar-refractivity contribution in [3.8, 4) is 0 Å². The first-order chi connectivity index (χ1) is 14.4. The van der Waals surface area contributed by atoms with Crippen molar-refractivity contribution in [3.05, 3.63) is 54.1 Å². The van der Waals surface area contributed by atoms with Gasteiger partial charge in [-0.2, -0.15) is 5.11 Å². The van der Waals surface area contributed by atoms with Gasteiger partial charge in [-0.3, -0.25) is 4.79 Å². The third kappa shape index (κ3) is 6.46. The lowest BCUT2D eigenvalue weighted by Crippen LogP contribution is -2.43. The van der Waals surface area contributed by atoms with Gasteiger partial charge in [0.05, 0.1) is 16.9 Å². The molecule has 0 aliphatic rings. The van der Waals surface area contributed by atoms with Crippen LogP contribution in [0.5, 0.6) is 0 Å². The molecule has 1 amide bonds. The third-order valence-electron chi connectivity index (χ3n) is 4.67. The smallest absolute Gasteiger partial charge is 0.378 e. The van der Waals surface area contributed by atoms with Crippen LogP contribution in [0, 0.1) is 0 Å². The van der Waals surface area contributed by atoms with E-state index >= 15 is 0 Å². The standard InChI is InChI=1S/C21H30N4O4Si/c1-25(2)18-13-11-17(12-14-18)23-24-20-10-7-6-9-19(20)21(26)22-15-8-16-30(27-3,28-4)29-5/h6-7,9-14H,8,15-16H2,1-5H3,(H,22,26). The van der Waals surface area contributed by atoms with Crippen LogP contribution in [0.25, 0.3) is 0 Å². The summed E-state index contributed by atoms with van der Waals surface area (Å²) in [5.74, 6) is -0.202. The van der Waals surface area contributed by atoms with Gasteiger partial charge in [0.2, 0.25) is 0 Å². The van der Waals surface area contributed by atoms with Crippen LogP contribution < -0.4 is 10.2 Å². The summed E-state index contributed by atoms with van der Waals surface area (Å²) < 4.78 is 16.2. The van der Waals surface area contributed by atoms with Gasteiger partial charge in [-0.25, -0.2) is 0 Å². The molecule has 0 saturated carbocycles. The monoisotopic (exact) mass is 430 g/mol. The van der Waals surface area contributed by atoms with Crippen LogP contribution in [-0.4, -0.2) is 56.7 Å². The van der Waals surface area contributed by atoms with Crippen LogP contribution in [0.2, 0.25) is 6.04 Å². The molecule has 0 bridgehead atoms. The normalized spacial score (nSPS) is 11.6. The maximum Gasteiger partial charge on any atom is 0.500 e. The number of carbonyl (C=O) groups excluding carboxylic acids is 1. The number of nitrogens with one attached hydrogen (secondary N) is 1. The van der Waals surface area contributed by atoms with E-state index in [-0.39, 0.29) is 5.91 Å². The largest absolute Gasteiger partial charge is 0.500 e. The lowest BCUT2D eigenvalue weighted by atomic mass is 10.1. The zero-order chi connectivity index (χ0) is 22.0. The molecule has 2 aromatic carbocycles. The Morgan fingerprint density at radius 2 is 1.60 bits per heavy atom. The molecular weight excluding hydrogens is 400 g/mol. The second-order valence-electron chi connectivity index (χ2n) is 6.78. The van der Waals surface area contributed by atoms with Crippen molar-refractivity contribution in [2.24, 2.45) is 10.2 Å². The number of anilines is 1. The van der Waals surface area contributed by atoms with Crippen molar-refractivity contribution >= 4 is 31.8 Å². The number of hydrogen-bond acceptors (Lipinski definition) is 7. The first-order valence-electron chi connectivity index (χ1n) is 9.66. The Morgan fingerprint density at radius 3 is 2.20 bits per heavy atom. The molecular formula is C21H30N4O4Si. The average molecular weight is 431 g/mol. The van der Waals surface area contributed by atoms with Crippen LogP contribution in [0.15, 0.2) is 58.8 Å². The number of nitrogens with zero attached hydrogens (tertiary/aromatic N) is 3. The molecule has 8 nitrogen and oxygen atoms in total. The number of carbonyl (C=O) groups is 1. The van der Waals surface area contributed by atoms with Crippen molar-refractivity contribution in [2.75, 3.05) is 46.9 Å². The van der Waals surface area contributed by atoms with Gasteiger partial charge in [0, 0.05) is 53.7 Å². The molecule has 0 fully saturated rings. The second kappa shape index (κ2) is 11.6. The van der Waals surface area contributed by atoms with Crippen molar-refractivity contribution in [2.45, 2.75) is 12.5 Å². The highest BCUT2D eigenvalue weighted by atomic mass is 28.4. The highest BCUT2D eigenvalue weighted by Gasteiger charge is 2.36. The Morgan fingerprint density at radius 1 is 0.967 bits per heavy atom. The highest BCUT2D eigenvalue weighted by Crippen LogP contribution is 2.24. The molecule has 30 heavy (non-hydrogen) atoms. The Bertz CT molecular complexity index is 831. The molecule has 0 spiro atoms. The number of rotatable bonds is 11. The summed E-state index contributed by atoms with van der Waals surface area (Å²) in [7, 11) is 6.06. The molecule has 162 valence electrons. The van der Waals surface area contributed by atoms with Crippen molar-refractivity contribution in [1.82, 2.24) is 5.32 Å². The summed E-state index contributed by atoms with van der Waals surface area (Å²) in [5.41, 5.74) is 2.79. The van der Waals surface area contributed by atoms with E-state index < -0.39 is 8.80 Å². The van der Waals surface area contributed by atoms with Crippen LogP contribution >= 0.6 is 0 Å². The van der Waals surface area contributed by atoms with Gasteiger partial charge in [0.25, 0.3) is 5.91 Å². The summed E-state index contributed by atoms with van der Waals surface area (Å²) in [5, 5.41) is 11.5. The molecule has 0 saturated heterocycles. The topological polar surface area (TPSA) is 84.8 Å². The molecule has 2 rings (SSSR count).